The lowest BCUT2D eigenvalue weighted by Gasteiger charge is -2.11. The number of aromatic nitrogens is 3. The third kappa shape index (κ3) is 5.06. The normalized spacial score (nSPS) is 11.1. The lowest BCUT2D eigenvalue weighted by molar-refractivity contribution is 0.102. The number of carbonyl (C=O) groups is 1. The zero-order valence-electron chi connectivity index (χ0n) is 15.8. The van der Waals surface area contributed by atoms with Crippen molar-refractivity contribution >= 4 is 48.2 Å². The first-order chi connectivity index (χ1) is 14.6. The second-order valence-corrected chi connectivity index (χ2v) is 8.88. The summed E-state index contributed by atoms with van der Waals surface area (Å²) in [7, 11) is 1.65. The maximum atomic E-state index is 12.8. The molecule has 0 saturated heterocycles. The molecule has 0 spiro atoms. The quantitative estimate of drug-likeness (QED) is 0.404. The largest absolute Gasteiger partial charge is 0.457 e. The summed E-state index contributed by atoms with van der Waals surface area (Å²) in [6, 6.07) is 12.5. The molecule has 0 aliphatic rings. The van der Waals surface area contributed by atoms with Gasteiger partial charge in [-0.05, 0) is 47.8 Å². The van der Waals surface area contributed by atoms with E-state index in [9.17, 15) is 9.69 Å². The number of imidazole rings is 1. The van der Waals surface area contributed by atoms with Gasteiger partial charge in [-0.25, -0.2) is 9.97 Å². The van der Waals surface area contributed by atoms with Gasteiger partial charge in [0.1, 0.15) is 11.5 Å². The number of aryl methyl sites for hydroxylation is 1. The van der Waals surface area contributed by atoms with Crippen LogP contribution in [0.15, 0.2) is 76.5 Å². The van der Waals surface area contributed by atoms with Crippen molar-refractivity contribution in [1.82, 2.24) is 14.5 Å². The van der Waals surface area contributed by atoms with Crippen LogP contribution in [-0.4, -0.2) is 25.3 Å². The fourth-order valence-corrected chi connectivity index (χ4v) is 4.29. The van der Waals surface area contributed by atoms with Crippen LogP contribution in [0.5, 0.6) is 11.5 Å². The summed E-state index contributed by atoms with van der Waals surface area (Å²) in [4.78, 5) is 31.2. The number of amides is 1. The highest BCUT2D eigenvalue weighted by Crippen LogP contribution is 2.32. The molecule has 1 unspecified atom stereocenters. The highest BCUT2D eigenvalue weighted by Gasteiger charge is 2.14. The molecule has 0 radical (unpaired) electrons. The Kier molecular flexibility index (Phi) is 6.44. The molecule has 4 rings (SSSR count). The molecule has 2 N–H and O–H groups in total. The van der Waals surface area contributed by atoms with E-state index in [2.05, 4.69) is 15.3 Å². The van der Waals surface area contributed by atoms with Gasteiger partial charge < -0.3 is 14.2 Å². The van der Waals surface area contributed by atoms with E-state index >= 15 is 0 Å². The maximum Gasteiger partial charge on any atom is 0.257 e. The maximum absolute atomic E-state index is 12.8. The lowest BCUT2D eigenvalue weighted by Crippen LogP contribution is -2.11. The van der Waals surface area contributed by atoms with Gasteiger partial charge in [0.2, 0.25) is 0 Å². The molecule has 0 bridgehead atoms. The predicted octanol–water partition coefficient (Wildman–Crippen LogP) is 4.28. The average Bonchev–Trinajstić information content (AvgIpc) is 3.40. The van der Waals surface area contributed by atoms with Crippen molar-refractivity contribution in [2.24, 2.45) is 7.05 Å². The van der Waals surface area contributed by atoms with Gasteiger partial charge >= 0.3 is 0 Å². The van der Waals surface area contributed by atoms with E-state index in [1.165, 1.54) is 23.1 Å². The van der Waals surface area contributed by atoms with Crippen LogP contribution in [0.4, 0.5) is 5.13 Å². The first kappa shape index (κ1) is 20.6. The third-order valence-electron chi connectivity index (χ3n) is 4.00. The fraction of sp³-hybridized carbons (Fsp3) is 0.0500. The molecule has 1 atom stereocenters. The van der Waals surface area contributed by atoms with Crippen molar-refractivity contribution in [2.45, 2.75) is 10.1 Å². The first-order valence-electron chi connectivity index (χ1n) is 8.80. The Labute approximate surface area is 183 Å². The Hall–Kier alpha value is -2.71. The second kappa shape index (κ2) is 9.40. The summed E-state index contributed by atoms with van der Waals surface area (Å²) in [5.74, 6) is 0.869. The Morgan fingerprint density at radius 3 is 2.67 bits per heavy atom. The van der Waals surface area contributed by atoms with Crippen LogP contribution in [0.1, 0.15) is 10.4 Å². The van der Waals surface area contributed by atoms with Gasteiger partial charge in [0.25, 0.3) is 5.91 Å². The molecular weight excluding hydrogens is 439 g/mol. The minimum Gasteiger partial charge on any atom is -0.457 e. The first-order valence-corrected chi connectivity index (χ1v) is 11.4. The summed E-state index contributed by atoms with van der Waals surface area (Å²) >= 11 is 2.79. The summed E-state index contributed by atoms with van der Waals surface area (Å²) in [5.41, 5.74) is 0.452. The van der Waals surface area contributed by atoms with Crippen LogP contribution in [0.25, 0.3) is 0 Å². The van der Waals surface area contributed by atoms with Gasteiger partial charge in [-0.3, -0.25) is 10.1 Å². The van der Waals surface area contributed by atoms with Crippen molar-refractivity contribution in [2.75, 3.05) is 5.32 Å². The smallest absolute Gasteiger partial charge is 0.257 e. The second-order valence-electron chi connectivity index (χ2n) is 6.15. The molecule has 2 aromatic heterocycles. The third-order valence-corrected chi connectivity index (χ3v) is 6.33. The molecule has 0 fully saturated rings. The van der Waals surface area contributed by atoms with Gasteiger partial charge in [-0.15, -0.1) is 11.3 Å². The number of benzene rings is 2. The average molecular weight is 456 g/mol. The molecule has 4 aromatic rings. The van der Waals surface area contributed by atoms with E-state index in [0.29, 0.717) is 22.2 Å². The van der Waals surface area contributed by atoms with Crippen LogP contribution in [0.3, 0.4) is 0 Å². The lowest BCUT2D eigenvalue weighted by atomic mass is 10.2. The molecule has 0 aliphatic heterocycles. The summed E-state index contributed by atoms with van der Waals surface area (Å²) in [6.07, 6.45) is 5.23. The molecule has 7 nitrogen and oxygen atoms in total. The Bertz CT molecular complexity index is 1150. The van der Waals surface area contributed by atoms with Gasteiger partial charge in [0, 0.05) is 50.3 Å². The van der Waals surface area contributed by atoms with Crippen molar-refractivity contribution in [3.05, 3.63) is 72.0 Å². The van der Waals surface area contributed by atoms with Gasteiger partial charge in [-0.2, -0.15) is 0 Å². The number of hydrogen-bond acceptors (Lipinski definition) is 7. The SMILES string of the molecule is Cn1ccnc1Sc1cc(Oc2ccc(PO)cc2)cc(C(=O)Nc2nccs2)c1. The number of nitrogens with one attached hydrogen (secondary N) is 1. The minimum absolute atomic E-state index is 0.265. The number of rotatable bonds is 7. The van der Waals surface area contributed by atoms with Crippen LogP contribution in [0, 0.1) is 0 Å². The topological polar surface area (TPSA) is 89.3 Å². The summed E-state index contributed by atoms with van der Waals surface area (Å²) in [5, 5.41) is 6.75. The fourth-order valence-electron chi connectivity index (χ4n) is 2.56. The molecular formula is C20H17N4O3PS2. The molecule has 0 saturated carbocycles. The number of ether oxygens (including phenoxy) is 1. The zero-order valence-corrected chi connectivity index (χ0v) is 18.4. The van der Waals surface area contributed by atoms with Gasteiger partial charge in [0.05, 0.1) is 0 Å². The molecule has 10 heteroatoms. The molecule has 1 amide bonds. The van der Waals surface area contributed by atoms with Crippen molar-refractivity contribution in [1.29, 1.82) is 0 Å². The molecule has 152 valence electrons. The van der Waals surface area contributed by atoms with Crippen LogP contribution < -0.4 is 15.4 Å². The minimum atomic E-state index is -0.270. The predicted molar refractivity (Wildman–Crippen MR) is 121 cm³/mol. The standard InChI is InChI=1S/C20H17N4O3PS2/c1-24-8-6-22-20(24)30-17-11-13(18(25)23-19-21-7-9-29-19)10-15(12-17)27-14-2-4-16(28-26)5-3-14/h2-12,26,28H,1H3,(H,21,23,25). The number of anilines is 1. The van der Waals surface area contributed by atoms with E-state index in [1.54, 1.807) is 54.2 Å². The zero-order chi connectivity index (χ0) is 20.9. The van der Waals surface area contributed by atoms with Crippen LogP contribution in [0.2, 0.25) is 0 Å². The molecule has 2 aromatic carbocycles. The summed E-state index contributed by atoms with van der Waals surface area (Å²) in [6.45, 7) is 0. The van der Waals surface area contributed by atoms with Crippen LogP contribution >= 0.6 is 31.9 Å². The Morgan fingerprint density at radius 1 is 1.17 bits per heavy atom. The Balaban J connectivity index is 1.63. The van der Waals surface area contributed by atoms with Gasteiger partial charge in [0.15, 0.2) is 10.3 Å². The van der Waals surface area contributed by atoms with Crippen molar-refractivity contribution < 1.29 is 14.4 Å². The molecule has 0 aliphatic carbocycles. The van der Waals surface area contributed by atoms with Gasteiger partial charge in [-0.1, -0.05) is 11.8 Å². The molecule has 2 heterocycles. The number of nitrogens with zero attached hydrogens (tertiary/aromatic N) is 3. The summed E-state index contributed by atoms with van der Waals surface area (Å²) < 4.78 is 7.89. The van der Waals surface area contributed by atoms with Crippen molar-refractivity contribution in [3.63, 3.8) is 0 Å². The van der Waals surface area contributed by atoms with E-state index in [1.807, 2.05) is 23.9 Å². The van der Waals surface area contributed by atoms with E-state index < -0.39 is 0 Å². The monoisotopic (exact) mass is 456 g/mol. The molecule has 30 heavy (non-hydrogen) atoms. The van der Waals surface area contributed by atoms with E-state index in [4.69, 9.17) is 4.74 Å². The number of thiazole rings is 1. The van der Waals surface area contributed by atoms with E-state index in [-0.39, 0.29) is 14.7 Å². The highest BCUT2D eigenvalue weighted by atomic mass is 32.2. The number of hydrogen-bond donors (Lipinski definition) is 2. The van der Waals surface area contributed by atoms with E-state index in [0.717, 1.165) is 15.4 Å². The number of carbonyl (C=O) groups excluding carboxylic acids is 1. The Morgan fingerprint density at radius 2 is 2.00 bits per heavy atom. The highest BCUT2D eigenvalue weighted by molar-refractivity contribution is 7.99. The van der Waals surface area contributed by atoms with Crippen molar-refractivity contribution in [3.8, 4) is 11.5 Å². The van der Waals surface area contributed by atoms with Crippen LogP contribution in [-0.2, 0) is 7.05 Å².